The van der Waals surface area contributed by atoms with Crippen molar-refractivity contribution in [1.29, 1.82) is 0 Å². The highest BCUT2D eigenvalue weighted by Crippen LogP contribution is 2.31. The van der Waals surface area contributed by atoms with Gasteiger partial charge in [0.05, 0.1) is 21.9 Å². The molecule has 0 unspecified atom stereocenters. The van der Waals surface area contributed by atoms with Crippen LogP contribution in [0.4, 0.5) is 0 Å². The number of aromatic amines is 1. The first-order chi connectivity index (χ1) is 8.81. The van der Waals surface area contributed by atoms with E-state index in [1.54, 1.807) is 12.3 Å². The summed E-state index contributed by atoms with van der Waals surface area (Å²) in [6, 6.07) is 11.0. The van der Waals surface area contributed by atoms with Crippen LogP contribution in [0.3, 0.4) is 0 Å². The molecule has 4 heteroatoms. The summed E-state index contributed by atoms with van der Waals surface area (Å²) in [6.45, 7) is 0. The highest BCUT2D eigenvalue weighted by molar-refractivity contribution is 6.35. The van der Waals surface area contributed by atoms with Crippen LogP contribution in [0.25, 0.3) is 22.3 Å². The van der Waals surface area contributed by atoms with Crippen molar-refractivity contribution in [2.75, 3.05) is 0 Å². The van der Waals surface area contributed by atoms with Gasteiger partial charge in [0.2, 0.25) is 0 Å². The first-order valence-corrected chi connectivity index (χ1v) is 5.86. The second-order valence-corrected chi connectivity index (χ2v) is 4.32. The molecule has 0 amide bonds. The van der Waals surface area contributed by atoms with Gasteiger partial charge in [-0.05, 0) is 18.2 Å². The Bertz CT molecular complexity index is 719. The van der Waals surface area contributed by atoms with Crippen LogP contribution < -0.4 is 0 Å². The maximum absolute atomic E-state index is 11.3. The number of aldehydes is 1. The Labute approximate surface area is 108 Å². The van der Waals surface area contributed by atoms with E-state index in [0.29, 0.717) is 16.3 Å². The predicted octanol–water partition coefficient (Wildman–Crippen LogP) is 3.70. The molecule has 1 aromatic carbocycles. The zero-order chi connectivity index (χ0) is 12.5. The number of halogens is 1. The molecular weight excluding hydrogens is 248 g/mol. The van der Waals surface area contributed by atoms with E-state index in [1.807, 2.05) is 30.3 Å². The van der Waals surface area contributed by atoms with Crippen molar-refractivity contribution in [3.05, 3.63) is 53.2 Å². The van der Waals surface area contributed by atoms with Crippen LogP contribution in [0.1, 0.15) is 10.4 Å². The number of fused-ring (bicyclic) bond motifs is 1. The van der Waals surface area contributed by atoms with E-state index in [9.17, 15) is 4.79 Å². The highest BCUT2D eigenvalue weighted by atomic mass is 35.5. The lowest BCUT2D eigenvalue weighted by molar-refractivity contribution is 0.112. The zero-order valence-electron chi connectivity index (χ0n) is 9.35. The molecule has 0 aliphatic carbocycles. The lowest BCUT2D eigenvalue weighted by atomic mass is 10.1. The molecule has 3 nitrogen and oxygen atoms in total. The number of carbonyl (C=O) groups is 1. The molecule has 0 radical (unpaired) electrons. The number of benzene rings is 1. The number of rotatable bonds is 2. The largest absolute Gasteiger partial charge is 0.351 e. The zero-order valence-corrected chi connectivity index (χ0v) is 10.1. The Morgan fingerprint density at radius 1 is 1.17 bits per heavy atom. The van der Waals surface area contributed by atoms with E-state index in [-0.39, 0.29) is 0 Å². The number of hydrogen-bond acceptors (Lipinski definition) is 2. The van der Waals surface area contributed by atoms with Gasteiger partial charge in [-0.1, -0.05) is 29.8 Å². The molecule has 0 saturated heterocycles. The van der Waals surface area contributed by atoms with E-state index in [2.05, 4.69) is 9.97 Å². The van der Waals surface area contributed by atoms with E-state index in [4.69, 9.17) is 11.6 Å². The van der Waals surface area contributed by atoms with Gasteiger partial charge in [0.1, 0.15) is 0 Å². The molecule has 1 N–H and O–H groups in total. The summed E-state index contributed by atoms with van der Waals surface area (Å²) in [7, 11) is 0. The molecule has 18 heavy (non-hydrogen) atoms. The van der Waals surface area contributed by atoms with Gasteiger partial charge < -0.3 is 4.98 Å². The lowest BCUT2D eigenvalue weighted by Gasteiger charge is -1.97. The first-order valence-electron chi connectivity index (χ1n) is 5.48. The number of para-hydroxylation sites is 1. The van der Waals surface area contributed by atoms with Crippen molar-refractivity contribution in [2.24, 2.45) is 0 Å². The topological polar surface area (TPSA) is 45.8 Å². The Morgan fingerprint density at radius 2 is 2.06 bits per heavy atom. The molecule has 88 valence electrons. The minimum Gasteiger partial charge on any atom is -0.351 e. The number of H-pyrrole nitrogens is 1. The van der Waals surface area contributed by atoms with Gasteiger partial charge in [-0.15, -0.1) is 0 Å². The molecule has 0 bridgehead atoms. The van der Waals surface area contributed by atoms with Gasteiger partial charge in [0.15, 0.2) is 6.29 Å². The summed E-state index contributed by atoms with van der Waals surface area (Å²) in [5.74, 6) is 0. The van der Waals surface area contributed by atoms with Gasteiger partial charge in [0, 0.05) is 17.1 Å². The van der Waals surface area contributed by atoms with Crippen LogP contribution in [0.2, 0.25) is 5.02 Å². The summed E-state index contributed by atoms with van der Waals surface area (Å²) < 4.78 is 0. The molecule has 3 aromatic rings. The molecule has 3 rings (SSSR count). The lowest BCUT2D eigenvalue weighted by Crippen LogP contribution is -1.86. The number of hydrogen-bond donors (Lipinski definition) is 1. The number of carbonyl (C=O) groups excluding carboxylic acids is 1. The third-order valence-electron chi connectivity index (χ3n) is 2.86. The third kappa shape index (κ3) is 1.60. The standard InChI is InChI=1S/C14H9ClN2O/c15-11-5-3-4-9-10(8-18)14(17-13(9)11)12-6-1-2-7-16-12/h1-8,17H. The average molecular weight is 257 g/mol. The van der Waals surface area contributed by atoms with Crippen LogP contribution in [-0.2, 0) is 0 Å². The van der Waals surface area contributed by atoms with Crippen molar-refractivity contribution in [3.8, 4) is 11.4 Å². The van der Waals surface area contributed by atoms with Gasteiger partial charge >= 0.3 is 0 Å². The minimum atomic E-state index is 0.589. The molecule has 0 spiro atoms. The molecule has 2 aromatic heterocycles. The number of nitrogens with one attached hydrogen (secondary N) is 1. The second-order valence-electron chi connectivity index (χ2n) is 3.91. The normalized spacial score (nSPS) is 10.7. The fourth-order valence-electron chi connectivity index (χ4n) is 2.04. The molecule has 0 saturated carbocycles. The Morgan fingerprint density at radius 3 is 2.78 bits per heavy atom. The molecule has 0 fully saturated rings. The highest BCUT2D eigenvalue weighted by Gasteiger charge is 2.14. The summed E-state index contributed by atoms with van der Waals surface area (Å²) >= 11 is 6.12. The van der Waals surface area contributed by atoms with Crippen molar-refractivity contribution in [3.63, 3.8) is 0 Å². The quantitative estimate of drug-likeness (QED) is 0.711. The van der Waals surface area contributed by atoms with E-state index >= 15 is 0 Å². The predicted molar refractivity (Wildman–Crippen MR) is 71.9 cm³/mol. The fraction of sp³-hybridized carbons (Fsp3) is 0. The smallest absolute Gasteiger partial charge is 0.152 e. The SMILES string of the molecule is O=Cc1c(-c2ccccn2)[nH]c2c(Cl)cccc12. The summed E-state index contributed by atoms with van der Waals surface area (Å²) in [5.41, 5.74) is 2.79. The Kier molecular flexibility index (Phi) is 2.61. The van der Waals surface area contributed by atoms with Crippen LogP contribution in [0, 0.1) is 0 Å². The van der Waals surface area contributed by atoms with Crippen LogP contribution >= 0.6 is 11.6 Å². The third-order valence-corrected chi connectivity index (χ3v) is 3.18. The average Bonchev–Trinajstić information content (AvgIpc) is 2.80. The summed E-state index contributed by atoms with van der Waals surface area (Å²) in [4.78, 5) is 18.7. The van der Waals surface area contributed by atoms with Crippen LogP contribution in [-0.4, -0.2) is 16.3 Å². The molecule has 0 atom stereocenters. The van der Waals surface area contributed by atoms with Gasteiger partial charge in [-0.2, -0.15) is 0 Å². The second kappa shape index (κ2) is 4.27. The number of pyridine rings is 1. The van der Waals surface area contributed by atoms with Crippen LogP contribution in [0.15, 0.2) is 42.6 Å². The van der Waals surface area contributed by atoms with Crippen molar-refractivity contribution in [2.45, 2.75) is 0 Å². The van der Waals surface area contributed by atoms with Crippen molar-refractivity contribution in [1.82, 2.24) is 9.97 Å². The van der Waals surface area contributed by atoms with Crippen molar-refractivity contribution < 1.29 is 4.79 Å². The Hall–Kier alpha value is -2.13. The number of nitrogens with zero attached hydrogens (tertiary/aromatic N) is 1. The molecular formula is C14H9ClN2O. The summed E-state index contributed by atoms with van der Waals surface area (Å²) in [6.07, 6.45) is 2.52. The molecule has 0 aliphatic heterocycles. The fourth-order valence-corrected chi connectivity index (χ4v) is 2.26. The maximum Gasteiger partial charge on any atom is 0.152 e. The monoisotopic (exact) mass is 256 g/mol. The van der Waals surface area contributed by atoms with Crippen molar-refractivity contribution >= 4 is 28.8 Å². The first kappa shape index (κ1) is 11.0. The Balaban J connectivity index is 2.37. The van der Waals surface area contributed by atoms with E-state index < -0.39 is 0 Å². The number of aromatic nitrogens is 2. The van der Waals surface area contributed by atoms with E-state index in [1.165, 1.54) is 0 Å². The van der Waals surface area contributed by atoms with E-state index in [0.717, 1.165) is 22.9 Å². The van der Waals surface area contributed by atoms with Gasteiger partial charge in [0.25, 0.3) is 0 Å². The maximum atomic E-state index is 11.3. The minimum absolute atomic E-state index is 0.589. The van der Waals surface area contributed by atoms with Gasteiger partial charge in [-0.25, -0.2) is 0 Å². The molecule has 0 aliphatic rings. The summed E-state index contributed by atoms with van der Waals surface area (Å²) in [5, 5.41) is 1.41. The van der Waals surface area contributed by atoms with Crippen LogP contribution in [0.5, 0.6) is 0 Å². The molecule has 2 heterocycles. The van der Waals surface area contributed by atoms with Gasteiger partial charge in [-0.3, -0.25) is 9.78 Å².